The Kier molecular flexibility index (Phi) is 10.1. The van der Waals surface area contributed by atoms with Crippen molar-refractivity contribution in [1.82, 2.24) is 0 Å². The Morgan fingerprint density at radius 3 is 2.30 bits per heavy atom. The van der Waals surface area contributed by atoms with Gasteiger partial charge in [0.05, 0.1) is 26.1 Å². The molecule has 0 amide bonds. The van der Waals surface area contributed by atoms with Gasteiger partial charge < -0.3 is 23.5 Å². The van der Waals surface area contributed by atoms with Crippen molar-refractivity contribution in [3.05, 3.63) is 59.4 Å². The van der Waals surface area contributed by atoms with Crippen molar-refractivity contribution in [3.63, 3.8) is 0 Å². The Morgan fingerprint density at radius 1 is 1.00 bits per heavy atom. The molecule has 0 aliphatic heterocycles. The van der Waals surface area contributed by atoms with Gasteiger partial charge in [0, 0.05) is 6.42 Å². The minimum atomic E-state index is -3.56. The smallest absolute Gasteiger partial charge is 0.371 e. The maximum atomic E-state index is 11.3. The Labute approximate surface area is 194 Å². The molecule has 0 heterocycles. The number of hydrogen-bond donors (Lipinski definition) is 1. The highest BCUT2D eigenvalue weighted by molar-refractivity contribution is 7.86. The molecule has 0 bridgehead atoms. The van der Waals surface area contributed by atoms with Gasteiger partial charge in [0.25, 0.3) is 0 Å². The molecule has 1 N–H and O–H groups in total. The fourth-order valence-electron chi connectivity index (χ4n) is 2.81. The zero-order valence-electron chi connectivity index (χ0n) is 19.1. The van der Waals surface area contributed by atoms with Crippen LogP contribution in [0.3, 0.4) is 0 Å². The molecule has 0 fully saturated rings. The monoisotopic (exact) mass is 478 g/mol. The maximum absolute atomic E-state index is 11.3. The fraction of sp³-hybridized carbons (Fsp3) is 0.375. The summed E-state index contributed by atoms with van der Waals surface area (Å²) in [5.74, 6) is 0.0432. The number of carboxylic acids is 1. The van der Waals surface area contributed by atoms with E-state index in [9.17, 15) is 18.3 Å². The lowest BCUT2D eigenvalue weighted by Gasteiger charge is -2.14. The molecule has 0 radical (unpaired) electrons. The molecule has 8 nitrogen and oxygen atoms in total. The van der Waals surface area contributed by atoms with E-state index in [2.05, 4.69) is 6.92 Å². The third kappa shape index (κ3) is 9.44. The van der Waals surface area contributed by atoms with Gasteiger partial charge in [-0.2, -0.15) is 8.42 Å². The van der Waals surface area contributed by atoms with Crippen molar-refractivity contribution in [2.45, 2.75) is 33.1 Å². The Morgan fingerprint density at radius 2 is 1.70 bits per heavy atom. The number of carboxylic acid groups (broad SMARTS) is 1. The first-order valence-electron chi connectivity index (χ1n) is 10.7. The molecule has 2 rings (SSSR count). The average molecular weight is 479 g/mol. The first-order chi connectivity index (χ1) is 15.7. The summed E-state index contributed by atoms with van der Waals surface area (Å²) < 4.78 is 44.2. The highest BCUT2D eigenvalue weighted by Crippen LogP contribution is 2.30. The second kappa shape index (κ2) is 12.7. The highest BCUT2D eigenvalue weighted by Gasteiger charge is 2.11. The quantitative estimate of drug-likeness (QED) is 0.185. The Hall–Kier alpha value is -3.20. The van der Waals surface area contributed by atoms with Crippen LogP contribution >= 0.6 is 0 Å². The minimum Gasteiger partial charge on any atom is -0.490 e. The number of hydrogen-bond acceptors (Lipinski definition) is 7. The SMILES string of the molecule is CCCCOc1cc(/C=C(/OCC)C(=O)O)ccc1OCCc1ccc(OS(C)(=O)=O)cc1. The third-order valence-corrected chi connectivity index (χ3v) is 4.85. The van der Waals surface area contributed by atoms with Crippen molar-refractivity contribution in [2.24, 2.45) is 0 Å². The molecule has 2 aromatic carbocycles. The summed E-state index contributed by atoms with van der Waals surface area (Å²) in [5.41, 5.74) is 1.58. The third-order valence-electron chi connectivity index (χ3n) is 4.35. The van der Waals surface area contributed by atoms with Crippen LogP contribution in [0.1, 0.15) is 37.8 Å². The molecule has 0 aliphatic rings. The van der Waals surface area contributed by atoms with Gasteiger partial charge in [0.1, 0.15) is 5.75 Å². The summed E-state index contributed by atoms with van der Waals surface area (Å²) >= 11 is 0. The van der Waals surface area contributed by atoms with E-state index in [1.54, 1.807) is 49.4 Å². The van der Waals surface area contributed by atoms with E-state index in [-0.39, 0.29) is 18.1 Å². The molecule has 0 spiro atoms. The van der Waals surface area contributed by atoms with E-state index in [1.165, 1.54) is 6.08 Å². The molecule has 0 saturated carbocycles. The van der Waals surface area contributed by atoms with E-state index in [1.807, 2.05) is 0 Å². The molecule has 0 aliphatic carbocycles. The van der Waals surface area contributed by atoms with Gasteiger partial charge >= 0.3 is 16.1 Å². The van der Waals surface area contributed by atoms with Crippen molar-refractivity contribution in [2.75, 3.05) is 26.1 Å². The summed E-state index contributed by atoms with van der Waals surface area (Å²) in [6.07, 6.45) is 4.88. The molecular weight excluding hydrogens is 448 g/mol. The molecule has 0 saturated heterocycles. The van der Waals surface area contributed by atoms with Crippen LogP contribution in [0.2, 0.25) is 0 Å². The standard InChI is InChI=1S/C24H30O8S/c1-4-6-14-30-22-16-19(17-23(24(25)26)29-5-2)9-12-21(22)31-15-13-18-7-10-20(11-8-18)32-33(3,27)28/h7-12,16-17H,4-6,13-15H2,1-3H3,(H,25,26)/b23-17+. The minimum absolute atomic E-state index is 0.144. The van der Waals surface area contributed by atoms with Crippen LogP contribution in [-0.2, 0) is 26.1 Å². The Balaban J connectivity index is 2.09. The van der Waals surface area contributed by atoms with Gasteiger partial charge in [-0.05, 0) is 54.8 Å². The van der Waals surface area contributed by atoms with Crippen LogP contribution in [0.4, 0.5) is 0 Å². The van der Waals surface area contributed by atoms with Gasteiger partial charge in [0.15, 0.2) is 11.5 Å². The predicted octanol–water partition coefficient (Wildman–Crippen LogP) is 4.29. The van der Waals surface area contributed by atoms with E-state index in [0.29, 0.717) is 36.7 Å². The largest absolute Gasteiger partial charge is 0.490 e. The van der Waals surface area contributed by atoms with E-state index in [0.717, 1.165) is 24.7 Å². The van der Waals surface area contributed by atoms with Crippen LogP contribution in [0.25, 0.3) is 6.08 Å². The molecule has 9 heteroatoms. The van der Waals surface area contributed by atoms with Crippen LogP contribution in [0.15, 0.2) is 48.2 Å². The van der Waals surface area contributed by atoms with Crippen LogP contribution in [-0.4, -0.2) is 45.6 Å². The number of rotatable bonds is 14. The molecule has 0 aromatic heterocycles. The van der Waals surface area contributed by atoms with E-state index in [4.69, 9.17) is 18.4 Å². The van der Waals surface area contributed by atoms with Gasteiger partial charge in [-0.3, -0.25) is 0 Å². The predicted molar refractivity (Wildman–Crippen MR) is 125 cm³/mol. The van der Waals surface area contributed by atoms with Crippen LogP contribution in [0.5, 0.6) is 17.2 Å². The highest BCUT2D eigenvalue weighted by atomic mass is 32.2. The zero-order chi connectivity index (χ0) is 24.3. The average Bonchev–Trinajstić information content (AvgIpc) is 2.75. The summed E-state index contributed by atoms with van der Waals surface area (Å²) in [4.78, 5) is 11.3. The second-order valence-electron chi connectivity index (χ2n) is 7.18. The van der Waals surface area contributed by atoms with E-state index >= 15 is 0 Å². The van der Waals surface area contributed by atoms with Crippen molar-refractivity contribution >= 4 is 22.2 Å². The van der Waals surface area contributed by atoms with Crippen LogP contribution in [0, 0.1) is 0 Å². The lowest BCUT2D eigenvalue weighted by atomic mass is 10.1. The fourth-order valence-corrected chi connectivity index (χ4v) is 3.27. The maximum Gasteiger partial charge on any atom is 0.371 e. The summed E-state index contributed by atoms with van der Waals surface area (Å²) in [5, 5.41) is 9.27. The number of carbonyl (C=O) groups is 1. The first-order valence-corrected chi connectivity index (χ1v) is 12.5. The lowest BCUT2D eigenvalue weighted by Crippen LogP contribution is -2.07. The number of benzene rings is 2. The molecular formula is C24H30O8S. The van der Waals surface area contributed by atoms with Gasteiger partial charge in [-0.25, -0.2) is 4.79 Å². The lowest BCUT2D eigenvalue weighted by molar-refractivity contribution is -0.136. The van der Waals surface area contributed by atoms with Gasteiger partial charge in [-0.15, -0.1) is 0 Å². The molecule has 0 unspecified atom stereocenters. The second-order valence-corrected chi connectivity index (χ2v) is 8.76. The zero-order valence-corrected chi connectivity index (χ0v) is 19.9. The molecule has 0 atom stereocenters. The van der Waals surface area contributed by atoms with Crippen molar-refractivity contribution in [3.8, 4) is 17.2 Å². The summed E-state index contributed by atoms with van der Waals surface area (Å²) in [6, 6.07) is 11.9. The molecule has 180 valence electrons. The Bertz CT molecular complexity index is 1040. The van der Waals surface area contributed by atoms with Crippen LogP contribution < -0.4 is 13.7 Å². The number of ether oxygens (including phenoxy) is 3. The summed E-state index contributed by atoms with van der Waals surface area (Å²) in [6.45, 7) is 4.91. The molecule has 2 aromatic rings. The van der Waals surface area contributed by atoms with Crippen molar-refractivity contribution < 1.29 is 36.7 Å². The van der Waals surface area contributed by atoms with Gasteiger partial charge in [0.2, 0.25) is 5.76 Å². The van der Waals surface area contributed by atoms with Gasteiger partial charge in [-0.1, -0.05) is 31.5 Å². The number of unbranched alkanes of at least 4 members (excludes halogenated alkanes) is 1. The summed E-state index contributed by atoms with van der Waals surface area (Å²) in [7, 11) is -3.56. The topological polar surface area (TPSA) is 108 Å². The molecule has 33 heavy (non-hydrogen) atoms. The van der Waals surface area contributed by atoms with Crippen molar-refractivity contribution in [1.29, 1.82) is 0 Å². The number of aliphatic carboxylic acids is 1. The van der Waals surface area contributed by atoms with E-state index < -0.39 is 16.1 Å². The first kappa shape index (κ1) is 26.1. The normalized spacial score (nSPS) is 11.7.